The monoisotopic (exact) mass is 368 g/mol. The Labute approximate surface area is 156 Å². The van der Waals surface area contributed by atoms with E-state index in [2.05, 4.69) is 10.3 Å². The highest BCUT2D eigenvalue weighted by molar-refractivity contribution is 7.98. The number of nitrogens with one attached hydrogen (secondary N) is 1. The molecule has 0 spiro atoms. The molecule has 1 aliphatic rings. The van der Waals surface area contributed by atoms with Gasteiger partial charge in [-0.05, 0) is 36.6 Å². The molecule has 1 aromatic heterocycles. The van der Waals surface area contributed by atoms with Gasteiger partial charge in [-0.2, -0.15) is 0 Å². The summed E-state index contributed by atoms with van der Waals surface area (Å²) in [4.78, 5) is 17.0. The first-order chi connectivity index (χ1) is 12.8. The van der Waals surface area contributed by atoms with E-state index < -0.39 is 0 Å². The van der Waals surface area contributed by atoms with Crippen LogP contribution in [0.15, 0.2) is 58.2 Å². The molecule has 1 amide bonds. The van der Waals surface area contributed by atoms with Crippen LogP contribution in [-0.4, -0.2) is 30.1 Å². The predicted octanol–water partition coefficient (Wildman–Crippen LogP) is 4.03. The van der Waals surface area contributed by atoms with Gasteiger partial charge in [-0.3, -0.25) is 4.79 Å². The fourth-order valence-electron chi connectivity index (χ4n) is 3.03. The van der Waals surface area contributed by atoms with Crippen molar-refractivity contribution in [3.05, 3.63) is 59.7 Å². The van der Waals surface area contributed by atoms with Crippen molar-refractivity contribution in [3.63, 3.8) is 0 Å². The van der Waals surface area contributed by atoms with Crippen molar-refractivity contribution in [1.29, 1.82) is 0 Å². The Hall–Kier alpha value is -2.31. The van der Waals surface area contributed by atoms with E-state index in [0.29, 0.717) is 23.1 Å². The summed E-state index contributed by atoms with van der Waals surface area (Å²) in [6.45, 7) is 1.35. The SMILES string of the molecule is O=C(NCC1CCCO1)c1ccccc1CSc1nc2ccccc2o1. The second-order valence-electron chi connectivity index (χ2n) is 6.24. The summed E-state index contributed by atoms with van der Waals surface area (Å²) in [5.74, 6) is 0.561. The molecule has 1 unspecified atom stereocenters. The molecular formula is C20H20N2O3S. The fraction of sp³-hybridized carbons (Fsp3) is 0.300. The number of aromatic nitrogens is 1. The number of hydrogen-bond donors (Lipinski definition) is 1. The highest BCUT2D eigenvalue weighted by Gasteiger charge is 2.18. The summed E-state index contributed by atoms with van der Waals surface area (Å²) < 4.78 is 11.3. The molecule has 0 radical (unpaired) electrons. The number of benzene rings is 2. The van der Waals surface area contributed by atoms with Gasteiger partial charge in [0.15, 0.2) is 5.58 Å². The van der Waals surface area contributed by atoms with Crippen LogP contribution in [0.25, 0.3) is 11.1 Å². The number of para-hydroxylation sites is 2. The molecule has 0 saturated carbocycles. The summed E-state index contributed by atoms with van der Waals surface area (Å²) in [5, 5.41) is 3.60. The molecule has 3 aromatic rings. The number of rotatable bonds is 6. The Morgan fingerprint density at radius 2 is 2.04 bits per heavy atom. The van der Waals surface area contributed by atoms with E-state index in [1.807, 2.05) is 48.5 Å². The van der Waals surface area contributed by atoms with Crippen LogP contribution in [0.5, 0.6) is 0 Å². The van der Waals surface area contributed by atoms with Gasteiger partial charge in [0.1, 0.15) is 5.52 Å². The van der Waals surface area contributed by atoms with Crippen molar-refractivity contribution in [2.75, 3.05) is 13.2 Å². The van der Waals surface area contributed by atoms with Gasteiger partial charge in [-0.1, -0.05) is 42.1 Å². The van der Waals surface area contributed by atoms with Crippen molar-refractivity contribution in [3.8, 4) is 0 Å². The van der Waals surface area contributed by atoms with Crippen LogP contribution in [0.3, 0.4) is 0 Å². The molecule has 134 valence electrons. The van der Waals surface area contributed by atoms with E-state index in [4.69, 9.17) is 9.15 Å². The number of thioether (sulfide) groups is 1. The maximum Gasteiger partial charge on any atom is 0.257 e. The van der Waals surface area contributed by atoms with Crippen molar-refractivity contribution < 1.29 is 13.9 Å². The van der Waals surface area contributed by atoms with Gasteiger partial charge in [0.05, 0.1) is 6.10 Å². The molecule has 6 heteroatoms. The topological polar surface area (TPSA) is 64.4 Å². The molecule has 4 rings (SSSR count). The molecule has 0 aliphatic carbocycles. The van der Waals surface area contributed by atoms with Crippen LogP contribution in [-0.2, 0) is 10.5 Å². The molecule has 1 aliphatic heterocycles. The molecule has 0 bridgehead atoms. The van der Waals surface area contributed by atoms with E-state index in [1.165, 1.54) is 11.8 Å². The van der Waals surface area contributed by atoms with E-state index in [0.717, 1.165) is 36.1 Å². The van der Waals surface area contributed by atoms with Crippen LogP contribution < -0.4 is 5.32 Å². The molecule has 1 fully saturated rings. The smallest absolute Gasteiger partial charge is 0.257 e. The third-order valence-corrected chi connectivity index (χ3v) is 5.28. The van der Waals surface area contributed by atoms with Gasteiger partial charge in [-0.25, -0.2) is 4.98 Å². The number of amides is 1. The molecule has 2 heterocycles. The molecule has 2 aromatic carbocycles. The number of ether oxygens (including phenoxy) is 1. The average molecular weight is 368 g/mol. The molecule has 1 saturated heterocycles. The van der Waals surface area contributed by atoms with E-state index in [1.54, 1.807) is 0 Å². The Balaban J connectivity index is 1.42. The van der Waals surface area contributed by atoms with Crippen molar-refractivity contribution >= 4 is 28.8 Å². The Morgan fingerprint density at radius 1 is 1.19 bits per heavy atom. The third kappa shape index (κ3) is 3.92. The summed E-state index contributed by atoms with van der Waals surface area (Å²) in [6, 6.07) is 15.3. The van der Waals surface area contributed by atoms with Crippen molar-refractivity contribution in [2.45, 2.75) is 29.9 Å². The first kappa shape index (κ1) is 17.1. The van der Waals surface area contributed by atoms with E-state index in [-0.39, 0.29) is 12.0 Å². The van der Waals surface area contributed by atoms with Crippen LogP contribution in [0, 0.1) is 0 Å². The molecule has 1 atom stereocenters. The second-order valence-corrected chi connectivity index (χ2v) is 7.16. The summed E-state index contributed by atoms with van der Waals surface area (Å²) in [6.07, 6.45) is 2.22. The number of oxazole rings is 1. The van der Waals surface area contributed by atoms with Gasteiger partial charge in [-0.15, -0.1) is 0 Å². The van der Waals surface area contributed by atoms with Crippen LogP contribution in [0.1, 0.15) is 28.8 Å². The average Bonchev–Trinajstić information content (AvgIpc) is 3.33. The maximum absolute atomic E-state index is 12.6. The normalized spacial score (nSPS) is 16.8. The standard InChI is InChI=1S/C20H20N2O3S/c23-19(21-12-15-7-5-11-24-15)16-8-2-1-6-14(16)13-26-20-22-17-9-3-4-10-18(17)25-20/h1-4,6,8-10,15H,5,7,11-13H2,(H,21,23). The van der Waals surface area contributed by atoms with Gasteiger partial charge in [0.25, 0.3) is 11.1 Å². The quantitative estimate of drug-likeness (QED) is 0.666. The first-order valence-electron chi connectivity index (χ1n) is 8.76. The van der Waals surface area contributed by atoms with Crippen LogP contribution in [0.2, 0.25) is 0 Å². The second kappa shape index (κ2) is 7.93. The van der Waals surface area contributed by atoms with Crippen molar-refractivity contribution in [2.24, 2.45) is 0 Å². The maximum atomic E-state index is 12.6. The molecular weight excluding hydrogens is 348 g/mol. The van der Waals surface area contributed by atoms with Gasteiger partial charge in [0, 0.05) is 24.5 Å². The number of carbonyl (C=O) groups excluding carboxylic acids is 1. The van der Waals surface area contributed by atoms with Crippen LogP contribution in [0.4, 0.5) is 0 Å². The van der Waals surface area contributed by atoms with E-state index in [9.17, 15) is 4.79 Å². The largest absolute Gasteiger partial charge is 0.431 e. The predicted molar refractivity (Wildman–Crippen MR) is 101 cm³/mol. The zero-order valence-corrected chi connectivity index (χ0v) is 15.1. The highest BCUT2D eigenvalue weighted by atomic mass is 32.2. The summed E-state index contributed by atoms with van der Waals surface area (Å²) in [7, 11) is 0. The zero-order valence-electron chi connectivity index (χ0n) is 14.3. The van der Waals surface area contributed by atoms with Gasteiger partial charge in [0.2, 0.25) is 0 Å². The van der Waals surface area contributed by atoms with E-state index >= 15 is 0 Å². The summed E-state index contributed by atoms with van der Waals surface area (Å²) >= 11 is 1.49. The Kier molecular flexibility index (Phi) is 5.22. The van der Waals surface area contributed by atoms with Crippen molar-refractivity contribution in [1.82, 2.24) is 10.3 Å². The van der Waals surface area contributed by atoms with Crippen LogP contribution >= 0.6 is 11.8 Å². The molecule has 5 nitrogen and oxygen atoms in total. The first-order valence-corrected chi connectivity index (χ1v) is 9.74. The Bertz CT molecular complexity index is 870. The number of carbonyl (C=O) groups is 1. The molecule has 1 N–H and O–H groups in total. The lowest BCUT2D eigenvalue weighted by Gasteiger charge is -2.12. The van der Waals surface area contributed by atoms with Gasteiger partial charge >= 0.3 is 0 Å². The third-order valence-electron chi connectivity index (χ3n) is 4.40. The number of hydrogen-bond acceptors (Lipinski definition) is 5. The lowest BCUT2D eigenvalue weighted by Crippen LogP contribution is -2.32. The fourth-order valence-corrected chi connectivity index (χ4v) is 3.87. The minimum absolute atomic E-state index is 0.0609. The zero-order chi connectivity index (χ0) is 17.8. The minimum atomic E-state index is -0.0609. The lowest BCUT2D eigenvalue weighted by molar-refractivity contribution is 0.0857. The van der Waals surface area contributed by atoms with Gasteiger partial charge < -0.3 is 14.5 Å². The highest BCUT2D eigenvalue weighted by Crippen LogP contribution is 2.27. The molecule has 26 heavy (non-hydrogen) atoms. The minimum Gasteiger partial charge on any atom is -0.431 e. The summed E-state index contributed by atoms with van der Waals surface area (Å²) in [5.41, 5.74) is 3.27. The number of nitrogens with zero attached hydrogens (tertiary/aromatic N) is 1. The Morgan fingerprint density at radius 3 is 2.88 bits per heavy atom. The number of fused-ring (bicyclic) bond motifs is 1. The lowest BCUT2D eigenvalue weighted by atomic mass is 10.1.